The minimum absolute atomic E-state index is 0.485. The molecule has 0 spiro atoms. The maximum absolute atomic E-state index is 12.6. The Hall–Kier alpha value is -1.25. The van der Waals surface area contributed by atoms with Gasteiger partial charge in [0.25, 0.3) is 0 Å². The zero-order valence-corrected chi connectivity index (χ0v) is 16.9. The molecule has 0 unspecified atom stereocenters. The Morgan fingerprint density at radius 3 is 2.22 bits per heavy atom. The van der Waals surface area contributed by atoms with E-state index in [2.05, 4.69) is 21.0 Å². The Morgan fingerprint density at radius 1 is 1.04 bits per heavy atom. The molecule has 2 amide bonds. The lowest BCUT2D eigenvalue weighted by Crippen LogP contribution is -2.63. The zero-order valence-electron chi connectivity index (χ0n) is 15.3. The summed E-state index contributed by atoms with van der Waals surface area (Å²) >= 11 is 1.89. The molecule has 0 radical (unpaired) electrons. The number of rotatable bonds is 4. The van der Waals surface area contributed by atoms with Crippen LogP contribution in [0.1, 0.15) is 35.1 Å². The van der Waals surface area contributed by atoms with E-state index in [-0.39, 0.29) is 0 Å². The van der Waals surface area contributed by atoms with Gasteiger partial charge in [0.05, 0.1) is 0 Å². The molecule has 0 aromatic heterocycles. The summed E-state index contributed by atoms with van der Waals surface area (Å²) in [6.07, 6.45) is 6.22. The number of carbonyl (C=O) groups excluding carboxylic acids is 1. The molecule has 2 N–H and O–H groups in total. The number of thioether (sulfide) groups is 1. The lowest BCUT2D eigenvalue weighted by molar-refractivity contribution is 0.141. The molecule has 2 heterocycles. The second-order valence-corrected chi connectivity index (χ2v) is 11.1. The zero-order chi connectivity index (χ0) is 18.6. The highest BCUT2D eigenvalue weighted by atomic mass is 32.2. The maximum atomic E-state index is 12.6. The largest absolute Gasteiger partial charge is 0.332 e. The van der Waals surface area contributed by atoms with E-state index >= 15 is 0 Å². The van der Waals surface area contributed by atoms with E-state index in [0.29, 0.717) is 19.1 Å². The first kappa shape index (κ1) is 17.8. The quantitative estimate of drug-likeness (QED) is 0.797. The number of likely N-dealkylation sites (tertiary alicyclic amines) is 1. The minimum Gasteiger partial charge on any atom is -0.307 e. The van der Waals surface area contributed by atoms with Crippen LogP contribution in [0, 0.1) is 0 Å². The number of hydrogen-bond acceptors (Lipinski definition) is 5. The van der Waals surface area contributed by atoms with Crippen LogP contribution in [0.4, 0.5) is 10.5 Å². The number of nitrogens with one attached hydrogen (secondary N) is 2. The van der Waals surface area contributed by atoms with E-state index in [0.717, 1.165) is 55.7 Å². The number of anilines is 1. The van der Waals surface area contributed by atoms with Crippen molar-refractivity contribution in [2.24, 2.45) is 0 Å². The number of amides is 2. The van der Waals surface area contributed by atoms with E-state index in [4.69, 9.17) is 0 Å². The number of nitrogens with zero attached hydrogens (tertiary/aromatic N) is 1. The first-order valence-electron chi connectivity index (χ1n) is 9.82. The van der Waals surface area contributed by atoms with Crippen molar-refractivity contribution < 1.29 is 13.2 Å². The molecule has 5 rings (SSSR count). The molecular formula is C19H25N3O3S2. The highest BCUT2D eigenvalue weighted by Crippen LogP contribution is 2.38. The van der Waals surface area contributed by atoms with Gasteiger partial charge in [-0.1, -0.05) is 6.07 Å². The fourth-order valence-electron chi connectivity index (χ4n) is 4.72. The van der Waals surface area contributed by atoms with Crippen molar-refractivity contribution in [3.05, 3.63) is 28.3 Å². The second-order valence-electron chi connectivity index (χ2n) is 8.10. The Bertz CT molecular complexity index is 858. The molecule has 0 atom stereocenters. The molecule has 2 aliphatic carbocycles. The molecular weight excluding hydrogens is 382 g/mol. The smallest absolute Gasteiger partial charge is 0.307 e. The van der Waals surface area contributed by atoms with Gasteiger partial charge in [0, 0.05) is 36.3 Å². The van der Waals surface area contributed by atoms with Crippen LogP contribution in [0.15, 0.2) is 6.07 Å². The molecule has 1 aromatic rings. The fourth-order valence-corrected chi connectivity index (χ4v) is 6.84. The number of hydrogen-bond donors (Lipinski definition) is 2. The summed E-state index contributed by atoms with van der Waals surface area (Å²) in [6, 6.07) is 2.21. The van der Waals surface area contributed by atoms with Gasteiger partial charge in [0.1, 0.15) is 5.25 Å². The van der Waals surface area contributed by atoms with Gasteiger partial charge in [-0.05, 0) is 60.8 Å². The van der Waals surface area contributed by atoms with Gasteiger partial charge in [-0.25, -0.2) is 17.9 Å². The lowest BCUT2D eigenvalue weighted by atomic mass is 9.99. The highest BCUT2D eigenvalue weighted by molar-refractivity contribution is 8.00. The van der Waals surface area contributed by atoms with Crippen LogP contribution < -0.4 is 10.0 Å². The number of carbonyl (C=O) groups is 1. The number of sulfonamides is 1. The minimum atomic E-state index is -3.63. The number of urea groups is 1. The van der Waals surface area contributed by atoms with Gasteiger partial charge in [-0.3, -0.25) is 4.90 Å². The van der Waals surface area contributed by atoms with Crippen molar-refractivity contribution >= 4 is 33.5 Å². The molecule has 1 aromatic carbocycles. The van der Waals surface area contributed by atoms with Crippen molar-refractivity contribution in [2.75, 3.05) is 29.9 Å². The fraction of sp³-hybridized carbons (Fsp3) is 0.632. The van der Waals surface area contributed by atoms with Crippen molar-refractivity contribution in [3.63, 3.8) is 0 Å². The summed E-state index contributed by atoms with van der Waals surface area (Å²) in [5.74, 6) is 2.18. The number of aryl methyl sites for hydroxylation is 2. The molecule has 6 nitrogen and oxygen atoms in total. The van der Waals surface area contributed by atoms with Gasteiger partial charge in [-0.2, -0.15) is 11.8 Å². The summed E-state index contributed by atoms with van der Waals surface area (Å²) < 4.78 is 27.4. The predicted octanol–water partition coefficient (Wildman–Crippen LogP) is 1.91. The van der Waals surface area contributed by atoms with Gasteiger partial charge in [-0.15, -0.1) is 0 Å². The molecule has 146 valence electrons. The van der Waals surface area contributed by atoms with Crippen LogP contribution in [0.3, 0.4) is 0 Å². The van der Waals surface area contributed by atoms with Gasteiger partial charge >= 0.3 is 6.03 Å². The lowest BCUT2D eigenvalue weighted by Gasteiger charge is -2.46. The van der Waals surface area contributed by atoms with Crippen LogP contribution in [0.2, 0.25) is 0 Å². The van der Waals surface area contributed by atoms with Gasteiger partial charge in [0.15, 0.2) is 0 Å². The summed E-state index contributed by atoms with van der Waals surface area (Å²) in [5.41, 5.74) is 5.94. The number of fused-ring (bicyclic) bond motifs is 2. The SMILES string of the molecule is O=C(Nc1c2c(cc3c1CCC3)CCC2)NS(=O)(=O)C1CN(C2CSC2)C1. The van der Waals surface area contributed by atoms with Crippen LogP contribution in [0.5, 0.6) is 0 Å². The van der Waals surface area contributed by atoms with Crippen molar-refractivity contribution in [2.45, 2.75) is 49.8 Å². The third-order valence-corrected chi connectivity index (χ3v) is 9.29. The van der Waals surface area contributed by atoms with Crippen molar-refractivity contribution in [1.29, 1.82) is 0 Å². The first-order chi connectivity index (χ1) is 13.0. The van der Waals surface area contributed by atoms with E-state index in [9.17, 15) is 13.2 Å². The van der Waals surface area contributed by atoms with Crippen LogP contribution >= 0.6 is 11.8 Å². The topological polar surface area (TPSA) is 78.5 Å². The van der Waals surface area contributed by atoms with Crippen LogP contribution in [-0.2, 0) is 35.7 Å². The van der Waals surface area contributed by atoms with Gasteiger partial charge in [0.2, 0.25) is 10.0 Å². The molecule has 0 bridgehead atoms. The molecule has 27 heavy (non-hydrogen) atoms. The van der Waals surface area contributed by atoms with Crippen LogP contribution in [0.25, 0.3) is 0 Å². The molecule has 2 fully saturated rings. The second kappa shape index (κ2) is 6.67. The third-order valence-electron chi connectivity index (χ3n) is 6.40. The molecule has 2 aliphatic heterocycles. The Balaban J connectivity index is 1.28. The average Bonchev–Trinajstić information content (AvgIpc) is 3.15. The summed E-state index contributed by atoms with van der Waals surface area (Å²) in [6.45, 7) is 1.06. The summed E-state index contributed by atoms with van der Waals surface area (Å²) in [7, 11) is -3.63. The third kappa shape index (κ3) is 3.15. The Labute approximate surface area is 164 Å². The normalized spacial score (nSPS) is 22.7. The average molecular weight is 408 g/mol. The van der Waals surface area contributed by atoms with E-state index in [1.807, 2.05) is 11.8 Å². The van der Waals surface area contributed by atoms with Gasteiger partial charge < -0.3 is 5.32 Å². The predicted molar refractivity (Wildman–Crippen MR) is 108 cm³/mol. The molecule has 2 saturated heterocycles. The van der Waals surface area contributed by atoms with Crippen molar-refractivity contribution in [3.8, 4) is 0 Å². The van der Waals surface area contributed by atoms with E-state index < -0.39 is 21.3 Å². The monoisotopic (exact) mass is 407 g/mol. The summed E-state index contributed by atoms with van der Waals surface area (Å²) in [4.78, 5) is 14.7. The molecule has 0 saturated carbocycles. The maximum Gasteiger partial charge on any atom is 0.332 e. The van der Waals surface area contributed by atoms with E-state index in [1.54, 1.807) is 0 Å². The van der Waals surface area contributed by atoms with E-state index in [1.165, 1.54) is 22.3 Å². The molecule has 4 aliphatic rings. The van der Waals surface area contributed by atoms with Crippen LogP contribution in [-0.4, -0.2) is 55.2 Å². The Morgan fingerprint density at radius 2 is 1.67 bits per heavy atom. The number of benzene rings is 1. The molecule has 8 heteroatoms. The Kier molecular flexibility index (Phi) is 4.40. The first-order valence-corrected chi connectivity index (χ1v) is 12.5. The van der Waals surface area contributed by atoms with Crippen molar-refractivity contribution in [1.82, 2.24) is 9.62 Å². The highest BCUT2D eigenvalue weighted by Gasteiger charge is 2.42. The summed E-state index contributed by atoms with van der Waals surface area (Å²) in [5, 5.41) is 2.43. The standard InChI is InChI=1S/C19H25N3O3S2/c23-19(21-27(24,25)15-8-22(9-15)14-10-26-11-14)20-18-16-5-1-3-12(16)7-13-4-2-6-17(13)18/h7,14-15H,1-6,8-11H2,(H2,20,21,23).